The topological polar surface area (TPSA) is 50.4 Å². The molecule has 3 atom stereocenters. The van der Waals surface area contributed by atoms with Crippen molar-refractivity contribution in [2.45, 2.75) is 24.8 Å². The quantitative estimate of drug-likeness (QED) is 0.308. The van der Waals surface area contributed by atoms with Gasteiger partial charge in [-0.25, -0.2) is 0 Å². The van der Waals surface area contributed by atoms with Crippen molar-refractivity contribution in [1.82, 2.24) is 5.32 Å². The van der Waals surface area contributed by atoms with Crippen LogP contribution in [0.15, 0.2) is 97.1 Å². The van der Waals surface area contributed by atoms with Gasteiger partial charge in [-0.05, 0) is 52.8 Å². The average Bonchev–Trinajstić information content (AvgIpc) is 3.43. The van der Waals surface area contributed by atoms with Gasteiger partial charge < -0.3 is 15.4 Å². The number of hydrogen-bond acceptors (Lipinski definition) is 3. The van der Waals surface area contributed by atoms with Crippen molar-refractivity contribution in [3.8, 4) is 5.75 Å². The van der Waals surface area contributed by atoms with Crippen LogP contribution in [0.3, 0.4) is 0 Å². The Morgan fingerprint density at radius 2 is 1.81 bits per heavy atom. The van der Waals surface area contributed by atoms with Crippen LogP contribution >= 0.6 is 0 Å². The van der Waals surface area contributed by atoms with Crippen LogP contribution in [0.2, 0.25) is 0 Å². The minimum absolute atomic E-state index is 0.0248. The number of benzene rings is 4. The highest BCUT2D eigenvalue weighted by molar-refractivity contribution is 6.01. The molecule has 4 aromatic rings. The number of anilines is 1. The van der Waals surface area contributed by atoms with Crippen LogP contribution in [0.4, 0.5) is 5.69 Å². The molecule has 0 spiro atoms. The van der Waals surface area contributed by atoms with Crippen LogP contribution in [-0.2, 0) is 6.42 Å². The molecule has 0 saturated carbocycles. The van der Waals surface area contributed by atoms with Crippen LogP contribution < -0.4 is 15.4 Å². The molecule has 36 heavy (non-hydrogen) atoms. The van der Waals surface area contributed by atoms with E-state index in [4.69, 9.17) is 4.74 Å². The normalized spacial score (nSPS) is 19.9. The molecule has 180 valence electrons. The summed E-state index contributed by atoms with van der Waals surface area (Å²) < 4.78 is 5.88. The fraction of sp³-hybridized carbons (Fsp3) is 0.219. The number of rotatable bonds is 6. The van der Waals surface area contributed by atoms with E-state index < -0.39 is 0 Å². The third kappa shape index (κ3) is 3.93. The molecule has 4 aromatic carbocycles. The first-order chi connectivity index (χ1) is 17.7. The van der Waals surface area contributed by atoms with Crippen molar-refractivity contribution in [3.63, 3.8) is 0 Å². The van der Waals surface area contributed by atoms with E-state index >= 15 is 0 Å². The van der Waals surface area contributed by atoms with Gasteiger partial charge in [-0.3, -0.25) is 4.79 Å². The first-order valence-electron chi connectivity index (χ1n) is 12.7. The molecule has 0 aromatic heterocycles. The van der Waals surface area contributed by atoms with E-state index in [-0.39, 0.29) is 17.9 Å². The summed E-state index contributed by atoms with van der Waals surface area (Å²) in [6, 6.07) is 29.0. The first kappa shape index (κ1) is 22.4. The number of methoxy groups -OCH3 is 1. The number of carbonyl (C=O) groups is 1. The highest BCUT2D eigenvalue weighted by Crippen LogP contribution is 2.53. The molecule has 1 heterocycles. The van der Waals surface area contributed by atoms with E-state index in [1.165, 1.54) is 27.5 Å². The number of ether oxygens (including phenoxy) is 1. The largest absolute Gasteiger partial charge is 0.496 e. The maximum atomic E-state index is 13.4. The Morgan fingerprint density at radius 1 is 0.972 bits per heavy atom. The lowest BCUT2D eigenvalue weighted by atomic mass is 9.75. The van der Waals surface area contributed by atoms with E-state index in [1.54, 1.807) is 7.11 Å². The van der Waals surface area contributed by atoms with Crippen molar-refractivity contribution in [2.75, 3.05) is 19.0 Å². The lowest BCUT2D eigenvalue weighted by Crippen LogP contribution is -2.33. The summed E-state index contributed by atoms with van der Waals surface area (Å²) in [5.41, 5.74) is 5.21. The van der Waals surface area contributed by atoms with Gasteiger partial charge in [-0.2, -0.15) is 0 Å². The van der Waals surface area contributed by atoms with Gasteiger partial charge in [-0.1, -0.05) is 84.9 Å². The van der Waals surface area contributed by atoms with Crippen LogP contribution in [-0.4, -0.2) is 19.6 Å². The molecule has 2 aliphatic rings. The maximum absolute atomic E-state index is 13.4. The molecular formula is C32H30N2O2. The molecule has 0 radical (unpaired) electrons. The zero-order chi connectivity index (χ0) is 24.5. The predicted octanol–water partition coefficient (Wildman–Crippen LogP) is 6.65. The zero-order valence-corrected chi connectivity index (χ0v) is 20.4. The van der Waals surface area contributed by atoms with E-state index in [9.17, 15) is 4.79 Å². The molecule has 1 aliphatic heterocycles. The molecule has 0 saturated heterocycles. The zero-order valence-electron chi connectivity index (χ0n) is 20.4. The monoisotopic (exact) mass is 474 g/mol. The summed E-state index contributed by atoms with van der Waals surface area (Å²) in [5.74, 6) is 1.45. The van der Waals surface area contributed by atoms with Crippen molar-refractivity contribution < 1.29 is 9.53 Å². The molecule has 4 nitrogen and oxygen atoms in total. The van der Waals surface area contributed by atoms with E-state index in [1.807, 2.05) is 30.3 Å². The van der Waals surface area contributed by atoms with Gasteiger partial charge in [0.15, 0.2) is 0 Å². The molecule has 1 amide bonds. The summed E-state index contributed by atoms with van der Waals surface area (Å²) in [7, 11) is 1.74. The molecule has 0 fully saturated rings. The Balaban J connectivity index is 1.36. The molecule has 0 bridgehead atoms. The number of amides is 1. The second kappa shape index (κ2) is 9.54. The molecule has 3 unspecified atom stereocenters. The van der Waals surface area contributed by atoms with E-state index in [2.05, 4.69) is 77.4 Å². The third-order valence-electron chi connectivity index (χ3n) is 7.65. The smallest absolute Gasteiger partial charge is 0.253 e. The number of allylic oxidation sites excluding steroid dienone is 2. The van der Waals surface area contributed by atoms with Crippen LogP contribution in [0, 0.1) is 5.92 Å². The number of carbonyl (C=O) groups excluding carboxylic acids is 1. The Morgan fingerprint density at radius 3 is 2.67 bits per heavy atom. The third-order valence-corrected chi connectivity index (χ3v) is 7.65. The van der Waals surface area contributed by atoms with E-state index in [0.717, 1.165) is 24.3 Å². The Labute approximate surface area is 212 Å². The Kier molecular flexibility index (Phi) is 5.94. The Bertz CT molecular complexity index is 1440. The minimum Gasteiger partial charge on any atom is -0.496 e. The van der Waals surface area contributed by atoms with Crippen molar-refractivity contribution in [1.29, 1.82) is 0 Å². The average molecular weight is 475 g/mol. The maximum Gasteiger partial charge on any atom is 0.253 e. The van der Waals surface area contributed by atoms with Crippen molar-refractivity contribution in [2.24, 2.45) is 5.92 Å². The standard InChI is InChI=1S/C32H30N2O2/c1-36-28-18-17-22-11-5-6-12-23(22)29(28)31-26-15-7-13-24(26)25-14-8-16-27(30(25)34-31)32(35)33-20-19-21-9-3-2-4-10-21/h2-14,16-18,24,26,31,34H,15,19-20H2,1H3,(H,33,35). The summed E-state index contributed by atoms with van der Waals surface area (Å²) in [6.45, 7) is 0.596. The van der Waals surface area contributed by atoms with Gasteiger partial charge in [0.25, 0.3) is 5.91 Å². The number of para-hydroxylation sites is 1. The second-order valence-electron chi connectivity index (χ2n) is 9.64. The van der Waals surface area contributed by atoms with E-state index in [0.29, 0.717) is 18.0 Å². The first-order valence-corrected chi connectivity index (χ1v) is 12.7. The lowest BCUT2D eigenvalue weighted by Gasteiger charge is -2.39. The number of hydrogen-bond donors (Lipinski definition) is 2. The molecule has 6 rings (SSSR count). The molecule has 1 aliphatic carbocycles. The predicted molar refractivity (Wildman–Crippen MR) is 146 cm³/mol. The van der Waals surface area contributed by atoms with Gasteiger partial charge >= 0.3 is 0 Å². The second-order valence-corrected chi connectivity index (χ2v) is 9.64. The van der Waals surface area contributed by atoms with Gasteiger partial charge in [0.05, 0.1) is 24.4 Å². The highest BCUT2D eigenvalue weighted by Gasteiger charge is 2.40. The minimum atomic E-state index is -0.0423. The van der Waals surface area contributed by atoms with Gasteiger partial charge in [0.2, 0.25) is 0 Å². The van der Waals surface area contributed by atoms with Crippen molar-refractivity contribution >= 4 is 22.4 Å². The highest BCUT2D eigenvalue weighted by atomic mass is 16.5. The summed E-state index contributed by atoms with van der Waals surface area (Å²) >= 11 is 0. The summed E-state index contributed by atoms with van der Waals surface area (Å²) in [6.07, 6.45) is 6.38. The van der Waals surface area contributed by atoms with Gasteiger partial charge in [0, 0.05) is 18.0 Å². The summed E-state index contributed by atoms with van der Waals surface area (Å²) in [4.78, 5) is 13.4. The molecule has 4 heteroatoms. The Hall–Kier alpha value is -4.05. The van der Waals surface area contributed by atoms with Gasteiger partial charge in [0.1, 0.15) is 5.75 Å². The number of nitrogens with one attached hydrogen (secondary N) is 2. The van der Waals surface area contributed by atoms with Crippen LogP contribution in [0.5, 0.6) is 5.75 Å². The fourth-order valence-corrected chi connectivity index (χ4v) is 5.93. The van der Waals surface area contributed by atoms with Gasteiger partial charge in [-0.15, -0.1) is 0 Å². The summed E-state index contributed by atoms with van der Waals surface area (Å²) in [5, 5.41) is 9.35. The van der Waals surface area contributed by atoms with Crippen LogP contribution in [0.1, 0.15) is 45.4 Å². The van der Waals surface area contributed by atoms with Crippen molar-refractivity contribution in [3.05, 3.63) is 119 Å². The lowest BCUT2D eigenvalue weighted by molar-refractivity contribution is 0.0954. The SMILES string of the molecule is COc1ccc2ccccc2c1C1Nc2c(C(=O)NCCc3ccccc3)cccc2C2C=CCC21. The molecule has 2 N–H and O–H groups in total. The number of fused-ring (bicyclic) bond motifs is 4. The van der Waals surface area contributed by atoms with Crippen LogP contribution in [0.25, 0.3) is 10.8 Å². The fourth-order valence-electron chi connectivity index (χ4n) is 5.93. The molecular weight excluding hydrogens is 444 g/mol.